The molecule has 62 valence electrons. The van der Waals surface area contributed by atoms with E-state index in [-0.39, 0.29) is 5.72 Å². The predicted molar refractivity (Wildman–Crippen MR) is 39.2 cm³/mol. The first-order chi connectivity index (χ1) is 5.41. The van der Waals surface area contributed by atoms with E-state index in [1.165, 1.54) is 19.4 Å². The van der Waals surface area contributed by atoms with Gasteiger partial charge in [-0.2, -0.15) is 0 Å². The van der Waals surface area contributed by atoms with Crippen molar-refractivity contribution in [3.63, 3.8) is 0 Å². The lowest BCUT2D eigenvalue weighted by atomic mass is 10.1. The molecule has 0 radical (unpaired) electrons. The van der Waals surface area contributed by atoms with Gasteiger partial charge in [0.15, 0.2) is 5.72 Å². The first-order valence-corrected chi connectivity index (χ1v) is 4.39. The van der Waals surface area contributed by atoms with Crippen LogP contribution in [0.15, 0.2) is 0 Å². The van der Waals surface area contributed by atoms with Crippen molar-refractivity contribution in [2.24, 2.45) is 0 Å². The zero-order chi connectivity index (χ0) is 7.31. The zero-order valence-electron chi connectivity index (χ0n) is 6.58. The Morgan fingerprint density at radius 1 is 1.36 bits per heavy atom. The van der Waals surface area contributed by atoms with Gasteiger partial charge >= 0.3 is 0 Å². The number of hydrogen-bond donors (Lipinski definition) is 0. The van der Waals surface area contributed by atoms with Gasteiger partial charge in [-0.15, -0.1) is 0 Å². The van der Waals surface area contributed by atoms with Crippen molar-refractivity contribution in [2.75, 3.05) is 26.4 Å². The van der Waals surface area contributed by atoms with Crippen molar-refractivity contribution in [1.29, 1.82) is 0 Å². The molecule has 3 aliphatic heterocycles. The molecule has 1 spiro atoms. The van der Waals surface area contributed by atoms with Crippen LogP contribution in [-0.2, 0) is 9.47 Å². The molecule has 3 rings (SSSR count). The summed E-state index contributed by atoms with van der Waals surface area (Å²) in [5.74, 6) is 0. The largest absolute Gasteiger partial charge is 0.372 e. The third kappa shape index (κ3) is 0.687. The van der Waals surface area contributed by atoms with Crippen LogP contribution >= 0.6 is 0 Å². The van der Waals surface area contributed by atoms with Crippen molar-refractivity contribution in [3.8, 4) is 0 Å². The van der Waals surface area contributed by atoms with E-state index in [0.717, 1.165) is 19.8 Å². The average Bonchev–Trinajstić information content (AvgIpc) is 2.38. The van der Waals surface area contributed by atoms with Gasteiger partial charge < -0.3 is 9.47 Å². The molecule has 0 amide bonds. The summed E-state index contributed by atoms with van der Waals surface area (Å²) in [6.07, 6.45) is 2.66. The van der Waals surface area contributed by atoms with Crippen LogP contribution in [0.2, 0.25) is 0 Å². The van der Waals surface area contributed by atoms with Crippen LogP contribution in [0.3, 0.4) is 0 Å². The molecule has 3 fully saturated rings. The second kappa shape index (κ2) is 1.97. The summed E-state index contributed by atoms with van der Waals surface area (Å²) in [4.78, 5) is 2.50. The summed E-state index contributed by atoms with van der Waals surface area (Å²) in [7, 11) is 0. The first kappa shape index (κ1) is 6.40. The van der Waals surface area contributed by atoms with E-state index >= 15 is 0 Å². The molecule has 0 aliphatic carbocycles. The summed E-state index contributed by atoms with van der Waals surface area (Å²) in [6.45, 7) is 3.74. The van der Waals surface area contributed by atoms with Gasteiger partial charge in [0.2, 0.25) is 0 Å². The van der Waals surface area contributed by atoms with E-state index in [0.29, 0.717) is 6.04 Å². The number of hydrogen-bond acceptors (Lipinski definition) is 3. The van der Waals surface area contributed by atoms with Crippen LogP contribution in [0.4, 0.5) is 0 Å². The molecule has 11 heavy (non-hydrogen) atoms. The Bertz CT molecular complexity index is 179. The van der Waals surface area contributed by atoms with Crippen molar-refractivity contribution in [2.45, 2.75) is 24.6 Å². The number of fused-ring (bicyclic) bond motifs is 2. The van der Waals surface area contributed by atoms with E-state index in [2.05, 4.69) is 4.90 Å². The van der Waals surface area contributed by atoms with E-state index in [1.54, 1.807) is 0 Å². The minimum atomic E-state index is 0.0289. The van der Waals surface area contributed by atoms with Crippen molar-refractivity contribution >= 4 is 0 Å². The quantitative estimate of drug-likeness (QED) is 0.499. The minimum absolute atomic E-state index is 0.0289. The molecule has 0 unspecified atom stereocenters. The third-order valence-corrected chi connectivity index (χ3v) is 3.10. The molecular weight excluding hydrogens is 142 g/mol. The van der Waals surface area contributed by atoms with Gasteiger partial charge in [0, 0.05) is 12.6 Å². The fraction of sp³-hybridized carbons (Fsp3) is 1.00. The lowest BCUT2D eigenvalue weighted by molar-refractivity contribution is -0.241. The molecule has 3 aliphatic rings. The fourth-order valence-electron chi connectivity index (χ4n) is 2.41. The molecular formula is C8H13NO2. The normalized spacial score (nSPS) is 40.9. The molecule has 3 heteroatoms. The van der Waals surface area contributed by atoms with Gasteiger partial charge in [-0.25, -0.2) is 0 Å². The molecule has 0 bridgehead atoms. The molecule has 3 heterocycles. The van der Waals surface area contributed by atoms with Gasteiger partial charge in [-0.3, -0.25) is 4.90 Å². The predicted octanol–water partition coefficient (Wildman–Crippen LogP) is 0.208. The number of nitrogens with zero attached hydrogens (tertiary/aromatic N) is 1. The van der Waals surface area contributed by atoms with E-state index in [1.807, 2.05) is 0 Å². The van der Waals surface area contributed by atoms with Gasteiger partial charge in [0.05, 0.1) is 19.8 Å². The van der Waals surface area contributed by atoms with Crippen LogP contribution < -0.4 is 0 Å². The molecule has 3 saturated heterocycles. The maximum absolute atomic E-state index is 5.74. The van der Waals surface area contributed by atoms with Gasteiger partial charge in [-0.05, 0) is 12.8 Å². The lowest BCUT2D eigenvalue weighted by Gasteiger charge is -2.43. The summed E-state index contributed by atoms with van der Waals surface area (Å²) in [6, 6.07) is 0.707. The average molecular weight is 155 g/mol. The molecule has 1 atom stereocenters. The van der Waals surface area contributed by atoms with Crippen LogP contribution in [0, 0.1) is 0 Å². The van der Waals surface area contributed by atoms with Crippen LogP contribution in [-0.4, -0.2) is 43.0 Å². The number of rotatable bonds is 0. The maximum Gasteiger partial charge on any atom is 0.169 e. The number of ether oxygens (including phenoxy) is 2. The molecule has 0 aromatic heterocycles. The van der Waals surface area contributed by atoms with Gasteiger partial charge in [0.1, 0.15) is 0 Å². The molecule has 0 N–H and O–H groups in total. The van der Waals surface area contributed by atoms with Crippen molar-refractivity contribution in [1.82, 2.24) is 4.90 Å². The summed E-state index contributed by atoms with van der Waals surface area (Å²) in [5.41, 5.74) is 0.0289. The second-order valence-corrected chi connectivity index (χ2v) is 3.74. The van der Waals surface area contributed by atoms with E-state index in [4.69, 9.17) is 9.47 Å². The Balaban J connectivity index is 1.86. The maximum atomic E-state index is 5.74. The Kier molecular flexibility index (Phi) is 1.15. The highest BCUT2D eigenvalue weighted by Crippen LogP contribution is 2.38. The fourth-order valence-corrected chi connectivity index (χ4v) is 2.41. The zero-order valence-corrected chi connectivity index (χ0v) is 6.58. The summed E-state index contributed by atoms with van der Waals surface area (Å²) in [5, 5.41) is 0. The Morgan fingerprint density at radius 3 is 3.00 bits per heavy atom. The van der Waals surface area contributed by atoms with Gasteiger partial charge in [0.25, 0.3) is 0 Å². The van der Waals surface area contributed by atoms with E-state index in [9.17, 15) is 0 Å². The highest BCUT2D eigenvalue weighted by Gasteiger charge is 2.54. The summed E-state index contributed by atoms with van der Waals surface area (Å²) >= 11 is 0. The molecule has 0 saturated carbocycles. The van der Waals surface area contributed by atoms with Crippen molar-refractivity contribution in [3.05, 3.63) is 0 Å². The Labute approximate surface area is 66.3 Å². The van der Waals surface area contributed by atoms with Crippen LogP contribution in [0.25, 0.3) is 0 Å². The standard InChI is InChI=1S/C8H13NO2/c1-2-7-4-11-8(5-10-6-8)9(7)3-1/h7H,1-6H2/t7-/m1/s1. The van der Waals surface area contributed by atoms with Crippen LogP contribution in [0.1, 0.15) is 12.8 Å². The van der Waals surface area contributed by atoms with E-state index < -0.39 is 0 Å². The second-order valence-electron chi connectivity index (χ2n) is 3.74. The Hall–Kier alpha value is -0.120. The third-order valence-electron chi connectivity index (χ3n) is 3.10. The highest BCUT2D eigenvalue weighted by molar-refractivity contribution is 4.99. The summed E-state index contributed by atoms with van der Waals surface area (Å²) < 4.78 is 10.9. The molecule has 0 aromatic carbocycles. The van der Waals surface area contributed by atoms with Crippen LogP contribution in [0.5, 0.6) is 0 Å². The monoisotopic (exact) mass is 155 g/mol. The Morgan fingerprint density at radius 2 is 2.27 bits per heavy atom. The SMILES string of the molecule is C1C[C@@H]2COC3(COC3)N2C1. The minimum Gasteiger partial charge on any atom is -0.372 e. The molecule has 0 aromatic rings. The molecule has 3 nitrogen and oxygen atoms in total. The smallest absolute Gasteiger partial charge is 0.169 e. The first-order valence-electron chi connectivity index (χ1n) is 4.39. The van der Waals surface area contributed by atoms with Crippen molar-refractivity contribution < 1.29 is 9.47 Å². The highest BCUT2D eigenvalue weighted by atomic mass is 16.6. The topological polar surface area (TPSA) is 21.7 Å². The van der Waals surface area contributed by atoms with Gasteiger partial charge in [-0.1, -0.05) is 0 Å². The lowest BCUT2D eigenvalue weighted by Crippen LogP contribution is -2.60.